The maximum Gasteiger partial charge on any atom is 0.406 e. The van der Waals surface area contributed by atoms with E-state index in [-0.39, 0.29) is 4.90 Å². The monoisotopic (exact) mass is 324 g/mol. The molecule has 0 unspecified atom stereocenters. The van der Waals surface area contributed by atoms with Crippen molar-refractivity contribution in [3.05, 3.63) is 0 Å². The molecule has 0 aromatic heterocycles. The van der Waals surface area contributed by atoms with Gasteiger partial charge in [-0.25, -0.2) is 34.9 Å². The second-order valence-electron chi connectivity index (χ2n) is 3.75. The molecule has 0 aromatic carbocycles. The second-order valence-corrected chi connectivity index (χ2v) is 3.75. The van der Waals surface area contributed by atoms with Gasteiger partial charge in [0.25, 0.3) is 0 Å². The van der Waals surface area contributed by atoms with Gasteiger partial charge in [-0.2, -0.15) is 19.6 Å². The normalized spacial score (nSPS) is 23.0. The first-order chi connectivity index (χ1) is 10.3. The Morgan fingerprint density at radius 3 is 1.73 bits per heavy atom. The fraction of sp³-hybridized carbons (Fsp3) is 0.333. The molecule has 2 saturated heterocycles. The lowest BCUT2D eigenvalue weighted by molar-refractivity contribution is -0.553. The highest BCUT2D eigenvalue weighted by Crippen LogP contribution is 2.26. The lowest BCUT2D eigenvalue weighted by Gasteiger charge is -2.49. The molecule has 0 aliphatic carbocycles. The van der Waals surface area contributed by atoms with Crippen LogP contribution in [0.1, 0.15) is 0 Å². The van der Waals surface area contributed by atoms with E-state index in [9.17, 15) is 19.2 Å². The van der Waals surface area contributed by atoms with Gasteiger partial charge in [-0.05, 0) is 0 Å². The Hall–Kier alpha value is -2.76. The van der Waals surface area contributed by atoms with Crippen LogP contribution in [0.25, 0.3) is 0 Å². The van der Waals surface area contributed by atoms with Crippen molar-refractivity contribution in [2.45, 2.75) is 12.0 Å². The van der Waals surface area contributed by atoms with E-state index in [0.29, 0.717) is 0 Å². The Morgan fingerprint density at radius 1 is 0.773 bits per heavy atom. The molecule has 8 amide bonds. The molecule has 0 bridgehead atoms. The number of urea groups is 4. The van der Waals surface area contributed by atoms with E-state index in [1.54, 1.807) is 26.6 Å². The number of carbonyl (C=O) groups is 4. The van der Waals surface area contributed by atoms with Gasteiger partial charge in [0, 0.05) is 0 Å². The van der Waals surface area contributed by atoms with Crippen molar-refractivity contribution in [1.29, 1.82) is 0 Å². The molecule has 2 fully saturated rings. The molecular formula is C6H8N6O10. The third-order valence-electron chi connectivity index (χ3n) is 2.48. The van der Waals surface area contributed by atoms with Crippen LogP contribution in [0.4, 0.5) is 19.2 Å². The highest BCUT2D eigenvalue weighted by atomic mass is 17.2. The molecule has 0 saturated carbocycles. The number of carbonyl (C=O) groups excluding carboxylic acids is 4. The summed E-state index contributed by atoms with van der Waals surface area (Å²) in [5.41, 5.74) is 0. The number of imide groups is 2. The topological polar surface area (TPSA) is 220 Å². The number of hydrogen-bond acceptors (Lipinski definition) is 10. The van der Waals surface area contributed by atoms with Gasteiger partial charge in [-0.1, -0.05) is 0 Å². The van der Waals surface area contributed by atoms with Crippen LogP contribution in [-0.4, -0.2) is 56.8 Å². The van der Waals surface area contributed by atoms with Crippen LogP contribution in [0, 0.1) is 0 Å². The van der Waals surface area contributed by atoms with Crippen molar-refractivity contribution in [1.82, 2.24) is 31.5 Å². The maximum atomic E-state index is 11.9. The van der Waals surface area contributed by atoms with Crippen LogP contribution >= 0.6 is 0 Å². The summed E-state index contributed by atoms with van der Waals surface area (Å²) in [6.45, 7) is 0. The summed E-state index contributed by atoms with van der Waals surface area (Å²) in [4.78, 5) is 56.8. The smallest absolute Gasteiger partial charge is 0.271 e. The molecule has 22 heavy (non-hydrogen) atoms. The predicted octanol–water partition coefficient (Wildman–Crippen LogP) is -2.56. The van der Waals surface area contributed by atoms with Gasteiger partial charge in [0.05, 0.1) is 0 Å². The van der Waals surface area contributed by atoms with Gasteiger partial charge < -0.3 is 0 Å². The Kier molecular flexibility index (Phi) is 3.70. The molecule has 0 aromatic rings. The summed E-state index contributed by atoms with van der Waals surface area (Å²) in [6, 6.07) is -8.59. The fourth-order valence-corrected chi connectivity index (χ4v) is 1.71. The van der Waals surface area contributed by atoms with E-state index in [2.05, 4.69) is 14.7 Å². The average molecular weight is 324 g/mol. The summed E-state index contributed by atoms with van der Waals surface area (Å²) in [5.74, 6) is -2.94. The first-order valence-electron chi connectivity index (χ1n) is 5.15. The van der Waals surface area contributed by atoms with Crippen molar-refractivity contribution in [2.75, 3.05) is 0 Å². The van der Waals surface area contributed by atoms with E-state index in [4.69, 9.17) is 15.8 Å². The molecule has 2 rings (SSSR count). The molecule has 16 nitrogen and oxygen atoms in total. The average Bonchev–Trinajstić information content (AvgIpc) is 2.44. The SMILES string of the molecule is O=C1NC(=O)NC(OO)(N2C(=O)NC(=O)NC2(OO)OO)N1. The van der Waals surface area contributed by atoms with Crippen LogP contribution in [0.5, 0.6) is 0 Å². The first-order valence-corrected chi connectivity index (χ1v) is 5.15. The van der Waals surface area contributed by atoms with Gasteiger partial charge in [-0.15, -0.1) is 0 Å². The highest BCUT2D eigenvalue weighted by Gasteiger charge is 2.63. The largest absolute Gasteiger partial charge is 0.406 e. The van der Waals surface area contributed by atoms with Gasteiger partial charge >= 0.3 is 36.1 Å². The summed E-state index contributed by atoms with van der Waals surface area (Å²) in [5, 5.41) is 34.9. The van der Waals surface area contributed by atoms with Crippen molar-refractivity contribution >= 4 is 24.1 Å². The molecule has 16 heteroatoms. The van der Waals surface area contributed by atoms with E-state index in [1.165, 1.54) is 0 Å². The Morgan fingerprint density at radius 2 is 1.27 bits per heavy atom. The second kappa shape index (κ2) is 5.22. The van der Waals surface area contributed by atoms with E-state index in [0.717, 1.165) is 0 Å². The summed E-state index contributed by atoms with van der Waals surface area (Å²) in [7, 11) is 0. The van der Waals surface area contributed by atoms with Crippen molar-refractivity contribution < 1.29 is 49.6 Å². The van der Waals surface area contributed by atoms with E-state index >= 15 is 0 Å². The Bertz CT molecular complexity index is 516. The van der Waals surface area contributed by atoms with Crippen LogP contribution in [-0.2, 0) is 14.7 Å². The molecule has 122 valence electrons. The third-order valence-corrected chi connectivity index (χ3v) is 2.48. The number of nitrogens with zero attached hydrogens (tertiary/aromatic N) is 1. The number of nitrogens with one attached hydrogen (secondary N) is 5. The highest BCUT2D eigenvalue weighted by molar-refractivity contribution is 5.99. The summed E-state index contributed by atoms with van der Waals surface area (Å²) < 4.78 is 0. The third kappa shape index (κ3) is 2.22. The molecule has 2 heterocycles. The van der Waals surface area contributed by atoms with Crippen LogP contribution in [0.3, 0.4) is 0 Å². The van der Waals surface area contributed by atoms with Gasteiger partial charge in [0.2, 0.25) is 0 Å². The maximum absolute atomic E-state index is 11.9. The first kappa shape index (κ1) is 15.6. The molecule has 2 aliphatic rings. The predicted molar refractivity (Wildman–Crippen MR) is 55.7 cm³/mol. The van der Waals surface area contributed by atoms with E-state index in [1.807, 2.05) is 0 Å². The lowest BCUT2D eigenvalue weighted by Crippen LogP contribution is -2.87. The Labute approximate surface area is 118 Å². The number of hydrogen-bond donors (Lipinski definition) is 8. The quantitative estimate of drug-likeness (QED) is 0.153. The minimum Gasteiger partial charge on any atom is -0.271 e. The van der Waals surface area contributed by atoms with Crippen LogP contribution in [0.2, 0.25) is 0 Å². The molecule has 0 atom stereocenters. The van der Waals surface area contributed by atoms with Crippen molar-refractivity contribution in [2.24, 2.45) is 0 Å². The zero-order chi connectivity index (χ0) is 16.5. The fourth-order valence-electron chi connectivity index (χ4n) is 1.71. The zero-order valence-corrected chi connectivity index (χ0v) is 10.1. The molecule has 0 spiro atoms. The lowest BCUT2D eigenvalue weighted by atomic mass is 10.4. The Balaban J connectivity index is 2.52. The van der Waals surface area contributed by atoms with E-state index < -0.39 is 36.1 Å². The van der Waals surface area contributed by atoms with Crippen molar-refractivity contribution in [3.8, 4) is 0 Å². The van der Waals surface area contributed by atoms with Gasteiger partial charge in [-0.3, -0.25) is 26.6 Å². The molecule has 0 radical (unpaired) electrons. The molecule has 2 aliphatic heterocycles. The van der Waals surface area contributed by atoms with Crippen molar-refractivity contribution in [3.63, 3.8) is 0 Å². The summed E-state index contributed by atoms with van der Waals surface area (Å²) >= 11 is 0. The molecule has 8 N–H and O–H groups in total. The minimum absolute atomic E-state index is 0.127. The standard InChI is InChI=1S/C6H8N6O10/c13-1-7-2(14)10-5(9-1,20-17)12-4(16)8-3(15)11-6(12,21-18)22-19/h17-19H,(H2,8,11,15,16)(H3,7,9,10,13,14). The zero-order valence-electron chi connectivity index (χ0n) is 10.1. The van der Waals surface area contributed by atoms with Crippen LogP contribution < -0.4 is 26.6 Å². The van der Waals surface area contributed by atoms with Gasteiger partial charge in [0.15, 0.2) is 0 Å². The minimum atomic E-state index is -3.19. The van der Waals surface area contributed by atoms with Gasteiger partial charge in [0.1, 0.15) is 0 Å². The summed E-state index contributed by atoms with van der Waals surface area (Å²) in [6.07, 6.45) is 0. The number of amides is 8. The van der Waals surface area contributed by atoms with Crippen LogP contribution in [0.15, 0.2) is 0 Å². The number of rotatable bonds is 4. The molecular weight excluding hydrogens is 316 g/mol.